The highest BCUT2D eigenvalue weighted by Crippen LogP contribution is 2.37. The first-order valence-electron chi connectivity index (χ1n) is 6.71. The number of phenolic OH excluding ortho intramolecular Hbond substituents is 3. The average molecular weight is 311 g/mol. The number of hydrogen-bond acceptors (Lipinski definition) is 5. The van der Waals surface area contributed by atoms with Crippen molar-refractivity contribution in [2.45, 2.75) is 0 Å². The minimum Gasteiger partial charge on any atom is -0.504 e. The summed E-state index contributed by atoms with van der Waals surface area (Å²) in [6, 6.07) is 10.7. The summed E-state index contributed by atoms with van der Waals surface area (Å²) in [5, 5.41) is 34.1. The van der Waals surface area contributed by atoms with Crippen LogP contribution in [-0.2, 0) is 0 Å². The molecular weight excluding hydrogens is 298 g/mol. The fraction of sp³-hybridized carbons (Fsp3) is 0. The molecule has 2 aromatic carbocycles. The number of carbonyl (C=O) groups excluding carboxylic acids is 1. The molecule has 0 atom stereocenters. The van der Waals surface area contributed by atoms with Gasteiger partial charge in [0.15, 0.2) is 17.2 Å². The first kappa shape index (κ1) is 14.5. The van der Waals surface area contributed by atoms with Gasteiger partial charge >= 0.3 is 6.03 Å². The lowest BCUT2D eigenvalue weighted by molar-refractivity contribution is 0.262. The van der Waals surface area contributed by atoms with Crippen molar-refractivity contribution in [3.63, 3.8) is 0 Å². The summed E-state index contributed by atoms with van der Waals surface area (Å²) in [4.78, 5) is 16.3. The lowest BCUT2D eigenvalue weighted by atomic mass is 10.2. The van der Waals surface area contributed by atoms with E-state index in [1.54, 1.807) is 24.4 Å². The topological polar surface area (TPSA) is 115 Å². The molecule has 1 aromatic heterocycles. The fourth-order valence-electron chi connectivity index (χ4n) is 2.17. The molecule has 0 radical (unpaired) electrons. The van der Waals surface area contributed by atoms with E-state index in [0.29, 0.717) is 11.2 Å². The number of aromatic hydroxyl groups is 3. The maximum atomic E-state index is 12.1. The zero-order valence-corrected chi connectivity index (χ0v) is 11.8. The van der Waals surface area contributed by atoms with Crippen LogP contribution in [0.1, 0.15) is 0 Å². The Morgan fingerprint density at radius 1 is 0.957 bits per heavy atom. The van der Waals surface area contributed by atoms with Gasteiger partial charge in [0.05, 0.1) is 16.9 Å². The zero-order valence-electron chi connectivity index (χ0n) is 11.8. The highest BCUT2D eigenvalue weighted by Gasteiger charge is 2.11. The number of amides is 2. The van der Waals surface area contributed by atoms with Crippen molar-refractivity contribution in [1.82, 2.24) is 4.98 Å². The third-order valence-electron chi connectivity index (χ3n) is 3.21. The number of carbonyl (C=O) groups is 1. The number of nitrogens with one attached hydrogen (secondary N) is 2. The van der Waals surface area contributed by atoms with Crippen LogP contribution in [0, 0.1) is 0 Å². The van der Waals surface area contributed by atoms with E-state index < -0.39 is 23.3 Å². The molecule has 7 nitrogen and oxygen atoms in total. The number of benzene rings is 2. The summed E-state index contributed by atoms with van der Waals surface area (Å²) >= 11 is 0. The van der Waals surface area contributed by atoms with Gasteiger partial charge in [0.25, 0.3) is 0 Å². The van der Waals surface area contributed by atoms with Gasteiger partial charge in [-0.15, -0.1) is 0 Å². The number of nitrogens with zero attached hydrogens (tertiary/aromatic N) is 1. The molecule has 3 aromatic rings. The van der Waals surface area contributed by atoms with E-state index in [9.17, 15) is 20.1 Å². The van der Waals surface area contributed by atoms with Crippen LogP contribution in [0.3, 0.4) is 0 Å². The molecule has 3 rings (SSSR count). The zero-order chi connectivity index (χ0) is 16.4. The van der Waals surface area contributed by atoms with Crippen LogP contribution in [-0.4, -0.2) is 26.3 Å². The van der Waals surface area contributed by atoms with Crippen LogP contribution >= 0.6 is 0 Å². The Morgan fingerprint density at radius 3 is 2.39 bits per heavy atom. The summed E-state index contributed by atoms with van der Waals surface area (Å²) in [7, 11) is 0. The summed E-state index contributed by atoms with van der Waals surface area (Å²) in [5.41, 5.74) is 1.29. The number of rotatable bonds is 2. The van der Waals surface area contributed by atoms with E-state index in [-0.39, 0.29) is 5.69 Å². The molecule has 0 spiro atoms. The standard InChI is InChI=1S/C16H13N3O4/c20-12-7-10(8-13(21)15(12)22)18-16(23)19-11-5-1-3-9-4-2-6-17-14(9)11/h1-8,20-22H,(H2,18,19,23). The van der Waals surface area contributed by atoms with E-state index in [2.05, 4.69) is 15.6 Å². The summed E-state index contributed by atoms with van der Waals surface area (Å²) in [6.07, 6.45) is 1.63. The van der Waals surface area contributed by atoms with Crippen molar-refractivity contribution in [2.75, 3.05) is 10.6 Å². The van der Waals surface area contributed by atoms with Gasteiger partial charge in [-0.3, -0.25) is 4.98 Å². The Bertz CT molecular complexity index is 867. The number of hydrogen-bond donors (Lipinski definition) is 5. The van der Waals surface area contributed by atoms with Gasteiger partial charge in [-0.25, -0.2) is 4.79 Å². The van der Waals surface area contributed by atoms with Crippen molar-refractivity contribution < 1.29 is 20.1 Å². The monoisotopic (exact) mass is 311 g/mol. The van der Waals surface area contributed by atoms with Gasteiger partial charge in [0.2, 0.25) is 0 Å². The SMILES string of the molecule is O=C(Nc1cc(O)c(O)c(O)c1)Nc1cccc2cccnc12. The Hall–Kier alpha value is -3.48. The lowest BCUT2D eigenvalue weighted by Crippen LogP contribution is -2.19. The first-order chi connectivity index (χ1) is 11.0. The van der Waals surface area contributed by atoms with Crippen LogP contribution in [0.15, 0.2) is 48.7 Å². The summed E-state index contributed by atoms with van der Waals surface area (Å²) in [6.45, 7) is 0. The normalized spacial score (nSPS) is 10.4. The van der Waals surface area contributed by atoms with Gasteiger partial charge in [0.1, 0.15) is 0 Å². The minimum atomic E-state index is -0.644. The molecule has 0 saturated heterocycles. The number of aromatic nitrogens is 1. The van der Waals surface area contributed by atoms with Gasteiger partial charge in [-0.05, 0) is 12.1 Å². The van der Waals surface area contributed by atoms with Gasteiger partial charge in [-0.2, -0.15) is 0 Å². The highest BCUT2D eigenvalue weighted by molar-refractivity contribution is 6.05. The van der Waals surface area contributed by atoms with Crippen LogP contribution in [0.2, 0.25) is 0 Å². The highest BCUT2D eigenvalue weighted by atomic mass is 16.3. The molecule has 0 bridgehead atoms. The number of urea groups is 1. The Morgan fingerprint density at radius 2 is 1.65 bits per heavy atom. The quantitative estimate of drug-likeness (QED) is 0.369. The number of fused-ring (bicyclic) bond motifs is 1. The lowest BCUT2D eigenvalue weighted by Gasteiger charge is -2.10. The van der Waals surface area contributed by atoms with Crippen molar-refractivity contribution in [3.05, 3.63) is 48.7 Å². The third-order valence-corrected chi connectivity index (χ3v) is 3.21. The second-order valence-electron chi connectivity index (χ2n) is 4.82. The fourth-order valence-corrected chi connectivity index (χ4v) is 2.17. The van der Waals surface area contributed by atoms with E-state index in [1.807, 2.05) is 12.1 Å². The van der Waals surface area contributed by atoms with Crippen molar-refractivity contribution in [3.8, 4) is 17.2 Å². The van der Waals surface area contributed by atoms with E-state index in [0.717, 1.165) is 17.5 Å². The smallest absolute Gasteiger partial charge is 0.323 e. The maximum absolute atomic E-state index is 12.1. The number of anilines is 2. The molecule has 0 aliphatic heterocycles. The molecule has 23 heavy (non-hydrogen) atoms. The van der Waals surface area contributed by atoms with Crippen LogP contribution < -0.4 is 10.6 Å². The predicted molar refractivity (Wildman–Crippen MR) is 85.8 cm³/mol. The summed E-state index contributed by atoms with van der Waals surface area (Å²) < 4.78 is 0. The molecule has 1 heterocycles. The molecule has 0 aliphatic rings. The second kappa shape index (κ2) is 5.72. The molecule has 0 fully saturated rings. The Balaban J connectivity index is 1.82. The molecular formula is C16H13N3O4. The van der Waals surface area contributed by atoms with Crippen LogP contribution in [0.5, 0.6) is 17.2 Å². The van der Waals surface area contributed by atoms with Crippen molar-refractivity contribution in [1.29, 1.82) is 0 Å². The summed E-state index contributed by atoms with van der Waals surface area (Å²) in [5.74, 6) is -1.71. The first-order valence-corrected chi connectivity index (χ1v) is 6.71. The Labute approximate surface area is 130 Å². The molecule has 7 heteroatoms. The van der Waals surface area contributed by atoms with E-state index >= 15 is 0 Å². The van der Waals surface area contributed by atoms with Crippen molar-refractivity contribution >= 4 is 28.3 Å². The molecule has 0 aliphatic carbocycles. The average Bonchev–Trinajstić information content (AvgIpc) is 2.53. The Kier molecular flexibility index (Phi) is 3.60. The van der Waals surface area contributed by atoms with Crippen LogP contribution in [0.25, 0.3) is 10.9 Å². The molecule has 0 saturated carbocycles. The van der Waals surface area contributed by atoms with E-state index in [1.165, 1.54) is 0 Å². The van der Waals surface area contributed by atoms with Crippen LogP contribution in [0.4, 0.5) is 16.2 Å². The second-order valence-corrected chi connectivity index (χ2v) is 4.82. The number of pyridine rings is 1. The van der Waals surface area contributed by atoms with Gasteiger partial charge < -0.3 is 26.0 Å². The van der Waals surface area contributed by atoms with Crippen molar-refractivity contribution in [2.24, 2.45) is 0 Å². The molecule has 5 N–H and O–H groups in total. The number of para-hydroxylation sites is 1. The third kappa shape index (κ3) is 2.93. The van der Waals surface area contributed by atoms with Gasteiger partial charge in [-0.1, -0.05) is 18.2 Å². The number of phenols is 3. The van der Waals surface area contributed by atoms with Gasteiger partial charge in [0, 0.05) is 23.7 Å². The largest absolute Gasteiger partial charge is 0.504 e. The molecule has 0 unspecified atom stereocenters. The molecule has 116 valence electrons. The minimum absolute atomic E-state index is 0.128. The maximum Gasteiger partial charge on any atom is 0.323 e. The predicted octanol–water partition coefficient (Wildman–Crippen LogP) is 3.00. The van der Waals surface area contributed by atoms with E-state index in [4.69, 9.17) is 0 Å². The molecule has 2 amide bonds.